The van der Waals surface area contributed by atoms with Crippen molar-refractivity contribution in [2.75, 3.05) is 19.6 Å². The molecule has 0 unspecified atom stereocenters. The van der Waals surface area contributed by atoms with E-state index in [1.54, 1.807) is 12.1 Å². The number of benzene rings is 1. The molecule has 0 amide bonds. The summed E-state index contributed by atoms with van der Waals surface area (Å²) in [5, 5.41) is 0. The Hall–Kier alpha value is -1.03. The van der Waals surface area contributed by atoms with Crippen LogP contribution in [0.3, 0.4) is 0 Å². The van der Waals surface area contributed by atoms with E-state index < -0.39 is 11.7 Å². The molecule has 1 aliphatic rings. The van der Waals surface area contributed by atoms with E-state index in [2.05, 4.69) is 11.8 Å². The van der Waals surface area contributed by atoms with Crippen molar-refractivity contribution in [2.24, 2.45) is 5.92 Å². The van der Waals surface area contributed by atoms with Crippen LogP contribution in [0.25, 0.3) is 0 Å². The molecule has 0 bridgehead atoms. The minimum atomic E-state index is -4.24. The summed E-state index contributed by atoms with van der Waals surface area (Å²) < 4.78 is 38.7. The fourth-order valence-electron chi connectivity index (χ4n) is 2.79. The Bertz CT molecular complexity index is 406. The van der Waals surface area contributed by atoms with Gasteiger partial charge in [-0.05, 0) is 56.4 Å². The number of halogens is 3. The smallest absolute Gasteiger partial charge is 0.304 e. The normalized spacial score (nSPS) is 18.7. The summed E-state index contributed by atoms with van der Waals surface area (Å²) in [5.41, 5.74) is -0.0159. The summed E-state index contributed by atoms with van der Waals surface area (Å²) in [6.07, 6.45) is -1.69. The van der Waals surface area contributed by atoms with Gasteiger partial charge in [-0.25, -0.2) is 0 Å². The highest BCUT2D eigenvalue weighted by molar-refractivity contribution is 5.30. The number of piperidine rings is 1. The van der Waals surface area contributed by atoms with E-state index in [4.69, 9.17) is 0 Å². The lowest BCUT2D eigenvalue weighted by molar-refractivity contribution is -0.138. The molecule has 1 fully saturated rings. The quantitative estimate of drug-likeness (QED) is 0.803. The van der Waals surface area contributed by atoms with Crippen LogP contribution in [0.2, 0.25) is 0 Å². The molecule has 1 nitrogen and oxygen atoms in total. The van der Waals surface area contributed by atoms with E-state index in [1.807, 2.05) is 0 Å². The van der Waals surface area contributed by atoms with Crippen LogP contribution in [-0.2, 0) is 12.6 Å². The summed E-state index contributed by atoms with van der Waals surface area (Å²) in [5.74, 6) is 0.381. The third-order valence-corrected chi connectivity index (χ3v) is 3.99. The zero-order valence-electron chi connectivity index (χ0n) is 11.2. The van der Waals surface area contributed by atoms with Gasteiger partial charge in [0, 0.05) is 0 Å². The number of alkyl halides is 3. The van der Waals surface area contributed by atoms with Gasteiger partial charge in [-0.2, -0.15) is 13.2 Å². The first-order valence-electron chi connectivity index (χ1n) is 6.88. The van der Waals surface area contributed by atoms with Gasteiger partial charge in [0.1, 0.15) is 0 Å². The maximum Gasteiger partial charge on any atom is 0.416 e. The molecule has 106 valence electrons. The molecule has 0 saturated carbocycles. The summed E-state index contributed by atoms with van der Waals surface area (Å²) in [6.45, 7) is 5.18. The van der Waals surface area contributed by atoms with Crippen molar-refractivity contribution < 1.29 is 13.2 Å². The van der Waals surface area contributed by atoms with Crippen molar-refractivity contribution in [1.29, 1.82) is 0 Å². The fraction of sp³-hybridized carbons (Fsp3) is 0.600. The van der Waals surface area contributed by atoms with Crippen LogP contribution in [-0.4, -0.2) is 24.5 Å². The molecule has 2 rings (SSSR count). The minimum absolute atomic E-state index is 0.381. The van der Waals surface area contributed by atoms with Crippen LogP contribution >= 0.6 is 0 Å². The highest BCUT2D eigenvalue weighted by Crippen LogP contribution is 2.34. The van der Waals surface area contributed by atoms with E-state index in [0.717, 1.165) is 32.5 Å². The van der Waals surface area contributed by atoms with Gasteiger partial charge in [-0.15, -0.1) is 0 Å². The van der Waals surface area contributed by atoms with E-state index >= 15 is 0 Å². The Kier molecular flexibility index (Phi) is 4.50. The Morgan fingerprint density at radius 3 is 2.37 bits per heavy atom. The number of likely N-dealkylation sites (tertiary alicyclic amines) is 1. The average molecular weight is 271 g/mol. The van der Waals surface area contributed by atoms with Crippen molar-refractivity contribution >= 4 is 0 Å². The van der Waals surface area contributed by atoms with Crippen LogP contribution < -0.4 is 0 Å². The van der Waals surface area contributed by atoms with Gasteiger partial charge in [0.15, 0.2) is 0 Å². The lowest BCUT2D eigenvalue weighted by Crippen LogP contribution is -2.34. The van der Waals surface area contributed by atoms with E-state index in [9.17, 15) is 13.2 Å². The number of nitrogens with zero attached hydrogens (tertiary/aromatic N) is 1. The zero-order valence-corrected chi connectivity index (χ0v) is 11.2. The molecule has 0 aliphatic carbocycles. The maximum absolute atomic E-state index is 12.9. The van der Waals surface area contributed by atoms with Gasteiger partial charge in [0.2, 0.25) is 0 Å². The summed E-state index contributed by atoms with van der Waals surface area (Å²) in [6, 6.07) is 5.98. The first-order valence-corrected chi connectivity index (χ1v) is 6.88. The molecular formula is C15H20F3N. The Balaban J connectivity index is 2.04. The third-order valence-electron chi connectivity index (χ3n) is 3.99. The van der Waals surface area contributed by atoms with Crippen molar-refractivity contribution in [1.82, 2.24) is 4.90 Å². The second-order valence-corrected chi connectivity index (χ2v) is 5.24. The third kappa shape index (κ3) is 3.72. The van der Waals surface area contributed by atoms with Gasteiger partial charge in [0.25, 0.3) is 0 Å². The molecule has 1 aromatic carbocycles. The lowest BCUT2D eigenvalue weighted by atomic mass is 9.88. The second-order valence-electron chi connectivity index (χ2n) is 5.24. The van der Waals surface area contributed by atoms with Gasteiger partial charge in [0.05, 0.1) is 5.56 Å². The van der Waals surface area contributed by atoms with Crippen LogP contribution in [0.5, 0.6) is 0 Å². The summed E-state index contributed by atoms with van der Waals surface area (Å²) in [7, 11) is 0. The molecule has 1 aromatic rings. The van der Waals surface area contributed by atoms with Gasteiger partial charge in [-0.1, -0.05) is 25.1 Å². The van der Waals surface area contributed by atoms with Crippen molar-refractivity contribution in [2.45, 2.75) is 32.4 Å². The van der Waals surface area contributed by atoms with Crippen molar-refractivity contribution in [3.8, 4) is 0 Å². The highest BCUT2D eigenvalue weighted by atomic mass is 19.4. The van der Waals surface area contributed by atoms with E-state index in [0.29, 0.717) is 17.9 Å². The molecule has 4 heteroatoms. The van der Waals surface area contributed by atoms with E-state index in [1.165, 1.54) is 12.1 Å². The van der Waals surface area contributed by atoms with Gasteiger partial charge in [-0.3, -0.25) is 0 Å². The monoisotopic (exact) mass is 271 g/mol. The average Bonchev–Trinajstić information content (AvgIpc) is 2.39. The Morgan fingerprint density at radius 2 is 1.79 bits per heavy atom. The maximum atomic E-state index is 12.9. The molecule has 1 saturated heterocycles. The van der Waals surface area contributed by atoms with Gasteiger partial charge >= 0.3 is 6.18 Å². The molecule has 1 aliphatic heterocycles. The number of hydrogen-bond acceptors (Lipinski definition) is 1. The summed E-state index contributed by atoms with van der Waals surface area (Å²) >= 11 is 0. The molecule has 0 spiro atoms. The SMILES string of the molecule is CCN1CCC(Cc2ccccc2C(F)(F)F)CC1. The highest BCUT2D eigenvalue weighted by Gasteiger charge is 2.33. The molecule has 0 atom stereocenters. The zero-order chi connectivity index (χ0) is 13.9. The van der Waals surface area contributed by atoms with Crippen LogP contribution in [0.15, 0.2) is 24.3 Å². The lowest BCUT2D eigenvalue weighted by Gasteiger charge is -2.31. The molecule has 0 N–H and O–H groups in total. The van der Waals surface area contributed by atoms with Crippen molar-refractivity contribution in [3.05, 3.63) is 35.4 Å². The van der Waals surface area contributed by atoms with Crippen LogP contribution in [0.4, 0.5) is 13.2 Å². The standard InChI is InChI=1S/C15H20F3N/c1-2-19-9-7-12(8-10-19)11-13-5-3-4-6-14(13)15(16,17)18/h3-6,12H,2,7-11H2,1H3. The first kappa shape index (κ1) is 14.4. The topological polar surface area (TPSA) is 3.24 Å². The fourth-order valence-corrected chi connectivity index (χ4v) is 2.79. The predicted octanol–water partition coefficient (Wildman–Crippen LogP) is 3.98. The minimum Gasteiger partial charge on any atom is -0.304 e. The molecule has 0 aromatic heterocycles. The first-order chi connectivity index (χ1) is 9.00. The number of rotatable bonds is 3. The van der Waals surface area contributed by atoms with E-state index in [-0.39, 0.29) is 0 Å². The van der Waals surface area contributed by atoms with Gasteiger partial charge < -0.3 is 4.90 Å². The molecule has 19 heavy (non-hydrogen) atoms. The second kappa shape index (κ2) is 5.95. The van der Waals surface area contributed by atoms with Crippen molar-refractivity contribution in [3.63, 3.8) is 0 Å². The van der Waals surface area contributed by atoms with Crippen LogP contribution in [0.1, 0.15) is 30.9 Å². The summed E-state index contributed by atoms with van der Waals surface area (Å²) in [4.78, 5) is 2.35. The number of hydrogen-bond donors (Lipinski definition) is 0. The predicted molar refractivity (Wildman–Crippen MR) is 70.0 cm³/mol. The molecule has 0 radical (unpaired) electrons. The molecule has 1 heterocycles. The van der Waals surface area contributed by atoms with Crippen LogP contribution in [0, 0.1) is 5.92 Å². The Labute approximate surface area is 112 Å². The largest absolute Gasteiger partial charge is 0.416 e. The Morgan fingerprint density at radius 1 is 1.16 bits per heavy atom. The molecular weight excluding hydrogens is 251 g/mol.